The van der Waals surface area contributed by atoms with E-state index < -0.39 is 10.9 Å². The van der Waals surface area contributed by atoms with Crippen LogP contribution in [0.3, 0.4) is 0 Å². The first-order valence-electron chi connectivity index (χ1n) is 7.71. The van der Waals surface area contributed by atoms with E-state index in [1.54, 1.807) is 12.1 Å². The number of non-ortho nitro benzene ring substituents is 1. The third-order valence-corrected chi connectivity index (χ3v) is 3.45. The summed E-state index contributed by atoms with van der Waals surface area (Å²) in [4.78, 5) is 26.0. The highest BCUT2D eigenvalue weighted by Crippen LogP contribution is 2.19. The molecule has 0 fully saturated rings. The van der Waals surface area contributed by atoms with Crippen molar-refractivity contribution in [2.24, 2.45) is 0 Å². The van der Waals surface area contributed by atoms with E-state index in [0.29, 0.717) is 17.2 Å². The van der Waals surface area contributed by atoms with Crippen molar-refractivity contribution in [1.29, 1.82) is 0 Å². The number of nitro benzene ring substituents is 1. The van der Waals surface area contributed by atoms with Crippen LogP contribution in [0, 0.1) is 10.1 Å². The van der Waals surface area contributed by atoms with E-state index in [4.69, 9.17) is 9.15 Å². The van der Waals surface area contributed by atoms with Crippen LogP contribution in [0.25, 0.3) is 17.5 Å². The summed E-state index contributed by atoms with van der Waals surface area (Å²) in [5.41, 5.74) is 1.48. The molecule has 0 radical (unpaired) electrons. The number of rotatable bonds is 6. The molecule has 0 saturated carbocycles. The molecule has 0 N–H and O–H groups in total. The molecule has 0 saturated heterocycles. The Labute approximate surface area is 148 Å². The summed E-state index contributed by atoms with van der Waals surface area (Å²) in [6.45, 7) is -0.0384. The molecule has 2 aromatic carbocycles. The maximum atomic E-state index is 11.8. The first kappa shape index (κ1) is 17.1. The highest BCUT2D eigenvalue weighted by molar-refractivity contribution is 5.87. The number of esters is 1. The van der Waals surface area contributed by atoms with Gasteiger partial charge in [-0.2, -0.15) is 0 Å². The van der Waals surface area contributed by atoms with Crippen molar-refractivity contribution >= 4 is 17.7 Å². The Kier molecular flexibility index (Phi) is 5.19. The van der Waals surface area contributed by atoms with Gasteiger partial charge in [-0.3, -0.25) is 10.1 Å². The van der Waals surface area contributed by atoms with Gasteiger partial charge in [0.1, 0.15) is 0 Å². The van der Waals surface area contributed by atoms with Crippen LogP contribution in [0.2, 0.25) is 0 Å². The number of benzene rings is 2. The molecule has 130 valence electrons. The van der Waals surface area contributed by atoms with Crippen molar-refractivity contribution in [1.82, 2.24) is 4.98 Å². The number of aromatic nitrogens is 1. The van der Waals surface area contributed by atoms with Crippen LogP contribution in [-0.4, -0.2) is 15.9 Å². The second-order valence-electron chi connectivity index (χ2n) is 5.29. The molecule has 0 aliphatic rings. The topological polar surface area (TPSA) is 95.5 Å². The number of oxazole rings is 1. The van der Waals surface area contributed by atoms with Crippen molar-refractivity contribution in [3.63, 3.8) is 0 Å². The Bertz CT molecular complexity index is 930. The molecule has 1 heterocycles. The van der Waals surface area contributed by atoms with E-state index in [2.05, 4.69) is 4.98 Å². The van der Waals surface area contributed by atoms with Gasteiger partial charge in [-0.15, -0.1) is 0 Å². The first-order valence-corrected chi connectivity index (χ1v) is 7.71. The lowest BCUT2D eigenvalue weighted by molar-refractivity contribution is -0.384. The average molecular weight is 350 g/mol. The standard InChI is InChI=1S/C19H14N2O5/c22-18(11-8-14-6-9-16(10-7-14)21(23)24)25-13-17-12-20-19(26-17)15-4-2-1-3-5-15/h1-12H,13H2/b11-8+. The normalized spacial score (nSPS) is 10.8. The largest absolute Gasteiger partial charge is 0.454 e. The fourth-order valence-electron chi connectivity index (χ4n) is 2.15. The third kappa shape index (κ3) is 4.41. The first-order chi connectivity index (χ1) is 12.6. The second kappa shape index (κ2) is 7.89. The van der Waals surface area contributed by atoms with Gasteiger partial charge < -0.3 is 9.15 Å². The Morgan fingerprint density at radius 3 is 2.58 bits per heavy atom. The Morgan fingerprint density at radius 1 is 1.15 bits per heavy atom. The average Bonchev–Trinajstić information content (AvgIpc) is 3.15. The molecule has 0 aliphatic carbocycles. The van der Waals surface area contributed by atoms with Crippen LogP contribution in [0.4, 0.5) is 5.69 Å². The molecule has 7 nitrogen and oxygen atoms in total. The molecule has 0 atom stereocenters. The van der Waals surface area contributed by atoms with Crippen LogP contribution >= 0.6 is 0 Å². The van der Waals surface area contributed by atoms with Crippen LogP contribution in [0.5, 0.6) is 0 Å². The predicted octanol–water partition coefficient (Wildman–Crippen LogP) is 4.01. The van der Waals surface area contributed by atoms with E-state index in [9.17, 15) is 14.9 Å². The smallest absolute Gasteiger partial charge is 0.331 e. The molecule has 0 amide bonds. The van der Waals surface area contributed by atoms with Crippen molar-refractivity contribution in [3.05, 3.63) is 88.3 Å². The van der Waals surface area contributed by atoms with Gasteiger partial charge in [0, 0.05) is 23.8 Å². The molecule has 0 bridgehead atoms. The van der Waals surface area contributed by atoms with E-state index in [0.717, 1.165) is 5.56 Å². The Morgan fingerprint density at radius 2 is 1.88 bits per heavy atom. The molecule has 0 spiro atoms. The summed E-state index contributed by atoms with van der Waals surface area (Å²) in [5, 5.41) is 10.6. The molecular formula is C19H14N2O5. The molecule has 3 rings (SSSR count). The lowest BCUT2D eigenvalue weighted by Crippen LogP contribution is -1.99. The summed E-state index contributed by atoms with van der Waals surface area (Å²) in [6, 6.07) is 15.2. The van der Waals surface area contributed by atoms with E-state index >= 15 is 0 Å². The number of hydrogen-bond donors (Lipinski definition) is 0. The summed E-state index contributed by atoms with van der Waals surface area (Å²) in [6.07, 6.45) is 4.27. The minimum atomic E-state index is -0.555. The molecule has 26 heavy (non-hydrogen) atoms. The zero-order valence-corrected chi connectivity index (χ0v) is 13.6. The molecule has 1 aromatic heterocycles. The lowest BCUT2D eigenvalue weighted by atomic mass is 10.2. The van der Waals surface area contributed by atoms with E-state index in [-0.39, 0.29) is 12.3 Å². The predicted molar refractivity (Wildman–Crippen MR) is 93.9 cm³/mol. The summed E-state index contributed by atoms with van der Waals surface area (Å²) in [5.74, 6) is 0.333. The highest BCUT2D eigenvalue weighted by Gasteiger charge is 2.08. The number of nitrogens with zero attached hydrogens (tertiary/aromatic N) is 2. The maximum absolute atomic E-state index is 11.8. The Balaban J connectivity index is 1.54. The molecule has 3 aromatic rings. The van der Waals surface area contributed by atoms with Crippen molar-refractivity contribution < 1.29 is 18.9 Å². The van der Waals surface area contributed by atoms with Gasteiger partial charge in [0.05, 0.1) is 11.1 Å². The van der Waals surface area contributed by atoms with Crippen molar-refractivity contribution in [2.45, 2.75) is 6.61 Å². The highest BCUT2D eigenvalue weighted by atomic mass is 16.6. The maximum Gasteiger partial charge on any atom is 0.331 e. The van der Waals surface area contributed by atoms with Gasteiger partial charge in [0.25, 0.3) is 5.69 Å². The molecule has 0 unspecified atom stereocenters. The van der Waals surface area contributed by atoms with Crippen molar-refractivity contribution in [2.75, 3.05) is 0 Å². The minimum absolute atomic E-state index is 0.00994. The zero-order valence-electron chi connectivity index (χ0n) is 13.6. The number of hydrogen-bond acceptors (Lipinski definition) is 6. The molecular weight excluding hydrogens is 336 g/mol. The van der Waals surface area contributed by atoms with Crippen molar-refractivity contribution in [3.8, 4) is 11.5 Å². The Hall–Kier alpha value is -3.74. The van der Waals surface area contributed by atoms with Gasteiger partial charge in [0.15, 0.2) is 12.4 Å². The van der Waals surface area contributed by atoms with Gasteiger partial charge >= 0.3 is 5.97 Å². The van der Waals surface area contributed by atoms with E-state index in [1.807, 2.05) is 30.3 Å². The van der Waals surface area contributed by atoms with Gasteiger partial charge in [-0.05, 0) is 35.9 Å². The zero-order chi connectivity index (χ0) is 18.4. The van der Waals surface area contributed by atoms with Gasteiger partial charge in [0.2, 0.25) is 5.89 Å². The fraction of sp³-hybridized carbons (Fsp3) is 0.0526. The quantitative estimate of drug-likeness (QED) is 0.288. The number of carbonyl (C=O) groups is 1. The number of ether oxygens (including phenoxy) is 1. The summed E-state index contributed by atoms with van der Waals surface area (Å²) >= 11 is 0. The lowest BCUT2D eigenvalue weighted by Gasteiger charge is -1.99. The van der Waals surface area contributed by atoms with Crippen LogP contribution in [0.15, 0.2) is 71.3 Å². The summed E-state index contributed by atoms with van der Waals surface area (Å²) < 4.78 is 10.6. The SMILES string of the molecule is O=C(/C=C/c1ccc([N+](=O)[O-])cc1)OCc1cnc(-c2ccccc2)o1. The summed E-state index contributed by atoms with van der Waals surface area (Å²) in [7, 11) is 0. The number of nitro groups is 1. The minimum Gasteiger partial charge on any atom is -0.454 e. The van der Waals surface area contributed by atoms with Crippen LogP contribution in [0.1, 0.15) is 11.3 Å². The molecule has 7 heteroatoms. The fourth-order valence-corrected chi connectivity index (χ4v) is 2.15. The van der Waals surface area contributed by atoms with Gasteiger partial charge in [-0.1, -0.05) is 18.2 Å². The number of carbonyl (C=O) groups excluding carboxylic acids is 1. The van der Waals surface area contributed by atoms with Crippen LogP contribution < -0.4 is 0 Å². The van der Waals surface area contributed by atoms with Gasteiger partial charge in [-0.25, -0.2) is 9.78 Å². The van der Waals surface area contributed by atoms with E-state index in [1.165, 1.54) is 30.5 Å². The third-order valence-electron chi connectivity index (χ3n) is 3.45. The second-order valence-corrected chi connectivity index (χ2v) is 5.29. The molecule has 0 aliphatic heterocycles. The monoisotopic (exact) mass is 350 g/mol. The van der Waals surface area contributed by atoms with Crippen LogP contribution in [-0.2, 0) is 16.1 Å².